The van der Waals surface area contributed by atoms with Crippen LogP contribution in [0.1, 0.15) is 105 Å². The van der Waals surface area contributed by atoms with E-state index in [2.05, 4.69) is 6.92 Å². The van der Waals surface area contributed by atoms with Crippen molar-refractivity contribution in [2.75, 3.05) is 6.61 Å². The lowest BCUT2D eigenvalue weighted by Gasteiger charge is -2.21. The topological polar surface area (TPSA) is 46.5 Å². The summed E-state index contributed by atoms with van der Waals surface area (Å²) in [5.74, 6) is -0.206. The highest BCUT2D eigenvalue weighted by molar-refractivity contribution is 5.75. The zero-order chi connectivity index (χ0) is 17.6. The van der Waals surface area contributed by atoms with E-state index in [0.717, 1.165) is 19.3 Å². The first-order valence-corrected chi connectivity index (χ1v) is 9.79. The van der Waals surface area contributed by atoms with Crippen molar-refractivity contribution >= 4 is 5.97 Å². The van der Waals surface area contributed by atoms with E-state index < -0.39 is 11.5 Å². The summed E-state index contributed by atoms with van der Waals surface area (Å²) < 4.78 is 5.21. The second kappa shape index (κ2) is 13.8. The molecule has 0 amide bonds. The third-order valence-corrected chi connectivity index (χ3v) is 4.73. The van der Waals surface area contributed by atoms with E-state index in [-0.39, 0.29) is 12.6 Å². The predicted molar refractivity (Wildman–Crippen MR) is 97.5 cm³/mol. The zero-order valence-electron chi connectivity index (χ0n) is 16.0. The number of ether oxygens (including phenoxy) is 1. The van der Waals surface area contributed by atoms with Crippen LogP contribution in [0.2, 0.25) is 0 Å². The van der Waals surface area contributed by atoms with Gasteiger partial charge < -0.3 is 9.84 Å². The van der Waals surface area contributed by atoms with Gasteiger partial charge in [0.2, 0.25) is 0 Å². The molecule has 0 aliphatic rings. The number of aliphatic hydroxyl groups excluding tert-OH is 1. The second-order valence-electron chi connectivity index (χ2n) is 7.46. The van der Waals surface area contributed by atoms with Crippen molar-refractivity contribution in [1.29, 1.82) is 0 Å². The maximum Gasteiger partial charge on any atom is 0.311 e. The summed E-state index contributed by atoms with van der Waals surface area (Å²) in [5.41, 5.74) is -0.448. The summed E-state index contributed by atoms with van der Waals surface area (Å²) in [6.45, 7) is 8.12. The Kier molecular flexibility index (Phi) is 13.5. The molecule has 3 heteroatoms. The van der Waals surface area contributed by atoms with Gasteiger partial charge >= 0.3 is 5.97 Å². The second-order valence-corrected chi connectivity index (χ2v) is 7.46. The Labute approximate surface area is 144 Å². The van der Waals surface area contributed by atoms with Crippen LogP contribution in [0, 0.1) is 5.41 Å². The molecule has 0 radical (unpaired) electrons. The van der Waals surface area contributed by atoms with Crippen molar-refractivity contribution in [3.63, 3.8) is 0 Å². The Morgan fingerprint density at radius 1 is 0.913 bits per heavy atom. The normalized spacial score (nSPS) is 13.1. The van der Waals surface area contributed by atoms with Crippen LogP contribution in [0.5, 0.6) is 0 Å². The quantitative estimate of drug-likeness (QED) is 0.313. The van der Waals surface area contributed by atoms with Crippen molar-refractivity contribution in [2.24, 2.45) is 5.41 Å². The highest BCUT2D eigenvalue weighted by Gasteiger charge is 2.27. The van der Waals surface area contributed by atoms with Gasteiger partial charge in [-0.05, 0) is 26.7 Å². The molecule has 3 nitrogen and oxygen atoms in total. The Balaban J connectivity index is 3.44. The maximum absolute atomic E-state index is 11.8. The van der Waals surface area contributed by atoms with E-state index in [1.165, 1.54) is 57.8 Å². The molecular weight excluding hydrogens is 288 g/mol. The van der Waals surface area contributed by atoms with E-state index in [0.29, 0.717) is 0 Å². The predicted octanol–water partition coefficient (Wildman–Crippen LogP) is 5.64. The van der Waals surface area contributed by atoms with E-state index in [4.69, 9.17) is 4.74 Å². The van der Waals surface area contributed by atoms with E-state index >= 15 is 0 Å². The third-order valence-electron chi connectivity index (χ3n) is 4.73. The number of esters is 1. The molecule has 0 aliphatic carbocycles. The van der Waals surface area contributed by atoms with Gasteiger partial charge in [0.15, 0.2) is 0 Å². The first kappa shape index (κ1) is 22.4. The fourth-order valence-electron chi connectivity index (χ4n) is 2.46. The van der Waals surface area contributed by atoms with Crippen molar-refractivity contribution in [3.8, 4) is 0 Å². The summed E-state index contributed by atoms with van der Waals surface area (Å²) in [6.07, 6.45) is 13.9. The van der Waals surface area contributed by atoms with Gasteiger partial charge in [-0.15, -0.1) is 0 Å². The number of rotatable bonds is 15. The molecular formula is C20H40O3. The van der Waals surface area contributed by atoms with Crippen LogP contribution in [-0.4, -0.2) is 23.8 Å². The number of hydrogen-bond donors (Lipinski definition) is 1. The zero-order valence-corrected chi connectivity index (χ0v) is 16.0. The first-order valence-electron chi connectivity index (χ1n) is 9.79. The number of carbonyl (C=O) groups excluding carboxylic acids is 1. The molecule has 0 aliphatic heterocycles. The van der Waals surface area contributed by atoms with Gasteiger partial charge in [-0.25, -0.2) is 0 Å². The Morgan fingerprint density at radius 2 is 1.39 bits per heavy atom. The van der Waals surface area contributed by atoms with Gasteiger partial charge in [-0.3, -0.25) is 4.79 Å². The summed E-state index contributed by atoms with van der Waals surface area (Å²) in [5, 5.41) is 9.88. The SMILES string of the molecule is CCCCCCCCCCCCC(O)COC(=O)C(C)(C)CC. The van der Waals surface area contributed by atoms with Gasteiger partial charge in [0.05, 0.1) is 11.5 Å². The van der Waals surface area contributed by atoms with Gasteiger partial charge in [0, 0.05) is 0 Å². The van der Waals surface area contributed by atoms with Crippen LogP contribution in [0.15, 0.2) is 0 Å². The Hall–Kier alpha value is -0.570. The minimum atomic E-state index is -0.513. The van der Waals surface area contributed by atoms with Crippen LogP contribution in [0.25, 0.3) is 0 Å². The fourth-order valence-corrected chi connectivity index (χ4v) is 2.46. The molecule has 0 aromatic heterocycles. The van der Waals surface area contributed by atoms with Crippen LogP contribution >= 0.6 is 0 Å². The minimum Gasteiger partial charge on any atom is -0.463 e. The van der Waals surface area contributed by atoms with Crippen LogP contribution in [-0.2, 0) is 9.53 Å². The molecule has 0 aromatic rings. The average molecular weight is 329 g/mol. The first-order chi connectivity index (χ1) is 10.9. The molecule has 0 aromatic carbocycles. The molecule has 0 saturated carbocycles. The Morgan fingerprint density at radius 3 is 1.87 bits per heavy atom. The number of hydrogen-bond acceptors (Lipinski definition) is 3. The lowest BCUT2D eigenvalue weighted by atomic mass is 9.91. The molecule has 0 saturated heterocycles. The molecule has 0 fully saturated rings. The molecule has 0 rings (SSSR count). The van der Waals surface area contributed by atoms with E-state index in [1.807, 2.05) is 20.8 Å². The van der Waals surface area contributed by atoms with Crippen molar-refractivity contribution in [2.45, 2.75) is 111 Å². The van der Waals surface area contributed by atoms with Crippen LogP contribution in [0.4, 0.5) is 0 Å². The Bertz CT molecular complexity index is 287. The van der Waals surface area contributed by atoms with Gasteiger partial charge in [-0.1, -0.05) is 78.1 Å². The van der Waals surface area contributed by atoms with Gasteiger partial charge in [0.25, 0.3) is 0 Å². The average Bonchev–Trinajstić information content (AvgIpc) is 2.54. The molecule has 0 spiro atoms. The number of aliphatic hydroxyl groups is 1. The highest BCUT2D eigenvalue weighted by atomic mass is 16.5. The lowest BCUT2D eigenvalue weighted by Crippen LogP contribution is -2.29. The van der Waals surface area contributed by atoms with Crippen LogP contribution < -0.4 is 0 Å². The number of unbranched alkanes of at least 4 members (excludes halogenated alkanes) is 9. The summed E-state index contributed by atoms with van der Waals surface area (Å²) >= 11 is 0. The van der Waals surface area contributed by atoms with Gasteiger partial charge in [-0.2, -0.15) is 0 Å². The lowest BCUT2D eigenvalue weighted by molar-refractivity contribution is -0.157. The molecule has 1 unspecified atom stereocenters. The number of carbonyl (C=O) groups is 1. The maximum atomic E-state index is 11.8. The minimum absolute atomic E-state index is 0.139. The highest BCUT2D eigenvalue weighted by Crippen LogP contribution is 2.21. The van der Waals surface area contributed by atoms with E-state index in [9.17, 15) is 9.90 Å². The van der Waals surface area contributed by atoms with Crippen LogP contribution in [0.3, 0.4) is 0 Å². The van der Waals surface area contributed by atoms with E-state index in [1.54, 1.807) is 0 Å². The molecule has 0 bridgehead atoms. The largest absolute Gasteiger partial charge is 0.463 e. The fraction of sp³-hybridized carbons (Fsp3) is 0.950. The summed E-state index contributed by atoms with van der Waals surface area (Å²) in [6, 6.07) is 0. The summed E-state index contributed by atoms with van der Waals surface area (Å²) in [7, 11) is 0. The molecule has 1 N–H and O–H groups in total. The van der Waals surface area contributed by atoms with Crippen molar-refractivity contribution in [1.82, 2.24) is 0 Å². The molecule has 1 atom stereocenters. The smallest absolute Gasteiger partial charge is 0.311 e. The standard InChI is InChI=1S/C20H40O3/c1-5-7-8-9-10-11-12-13-14-15-16-18(21)17-23-19(22)20(3,4)6-2/h18,21H,5-17H2,1-4H3. The summed E-state index contributed by atoms with van der Waals surface area (Å²) in [4.78, 5) is 11.8. The van der Waals surface area contributed by atoms with Crippen molar-refractivity contribution < 1.29 is 14.6 Å². The van der Waals surface area contributed by atoms with Crippen molar-refractivity contribution in [3.05, 3.63) is 0 Å². The third kappa shape index (κ3) is 12.5. The van der Waals surface area contributed by atoms with Gasteiger partial charge in [0.1, 0.15) is 6.61 Å². The molecule has 23 heavy (non-hydrogen) atoms. The molecule has 0 heterocycles. The molecule has 138 valence electrons. The monoisotopic (exact) mass is 328 g/mol.